The average molecular weight is 285 g/mol. The van der Waals surface area contributed by atoms with E-state index in [1.54, 1.807) is 0 Å². The lowest BCUT2D eigenvalue weighted by Gasteiger charge is -2.16. The summed E-state index contributed by atoms with van der Waals surface area (Å²) in [7, 11) is -3.48. The minimum Gasteiger partial charge on any atom is -0.394 e. The van der Waals surface area contributed by atoms with Crippen molar-refractivity contribution in [2.75, 3.05) is 6.61 Å². The second-order valence-corrected chi connectivity index (χ2v) is 7.20. The lowest BCUT2D eigenvalue weighted by atomic mass is 10.1. The topological polar surface area (TPSA) is 84.2 Å². The molecule has 0 aliphatic heterocycles. The third-order valence-corrected chi connectivity index (χ3v) is 5.21. The highest BCUT2D eigenvalue weighted by Gasteiger charge is 2.43. The van der Waals surface area contributed by atoms with E-state index in [4.69, 9.17) is 5.11 Å². The smallest absolute Gasteiger partial charge is 0.243 e. The normalized spacial score (nSPS) is 20.1. The van der Waals surface area contributed by atoms with Crippen molar-refractivity contribution < 1.29 is 13.5 Å². The molecular formula is C12H19N3O3S. The lowest BCUT2D eigenvalue weighted by molar-refractivity contribution is 0.269. The van der Waals surface area contributed by atoms with E-state index in [0.717, 1.165) is 25.7 Å². The van der Waals surface area contributed by atoms with E-state index in [1.165, 1.54) is 17.1 Å². The van der Waals surface area contributed by atoms with Gasteiger partial charge in [-0.05, 0) is 37.5 Å². The molecule has 7 heteroatoms. The Morgan fingerprint density at radius 3 is 2.53 bits per heavy atom. The van der Waals surface area contributed by atoms with Crippen molar-refractivity contribution in [1.29, 1.82) is 0 Å². The summed E-state index contributed by atoms with van der Waals surface area (Å²) in [6.07, 6.45) is 7.34. The van der Waals surface area contributed by atoms with E-state index in [9.17, 15) is 8.42 Å². The summed E-state index contributed by atoms with van der Waals surface area (Å²) in [4.78, 5) is 0.187. The van der Waals surface area contributed by atoms with E-state index in [0.29, 0.717) is 18.4 Å². The first-order valence-corrected chi connectivity index (χ1v) is 8.24. The number of nitrogens with zero attached hydrogens (tertiary/aromatic N) is 2. The Balaban J connectivity index is 1.73. The monoisotopic (exact) mass is 285 g/mol. The largest absolute Gasteiger partial charge is 0.394 e. The van der Waals surface area contributed by atoms with Gasteiger partial charge in [-0.3, -0.25) is 4.68 Å². The molecule has 1 heterocycles. The van der Waals surface area contributed by atoms with Crippen LogP contribution in [0.2, 0.25) is 0 Å². The molecule has 1 aromatic rings. The van der Waals surface area contributed by atoms with Gasteiger partial charge in [0.1, 0.15) is 4.90 Å². The van der Waals surface area contributed by atoms with E-state index in [-0.39, 0.29) is 17.5 Å². The Bertz CT molecular complexity index is 534. The molecule has 2 aliphatic rings. The maximum atomic E-state index is 12.3. The summed E-state index contributed by atoms with van der Waals surface area (Å²) >= 11 is 0. The fourth-order valence-corrected chi connectivity index (χ4v) is 3.77. The van der Waals surface area contributed by atoms with Crippen LogP contribution in [0.25, 0.3) is 0 Å². The van der Waals surface area contributed by atoms with Gasteiger partial charge >= 0.3 is 0 Å². The molecule has 2 saturated carbocycles. The van der Waals surface area contributed by atoms with Gasteiger partial charge in [0.15, 0.2) is 0 Å². The predicted octanol–water partition coefficient (Wildman–Crippen LogP) is 0.342. The van der Waals surface area contributed by atoms with Crippen LogP contribution in [0, 0.1) is 11.8 Å². The Hall–Kier alpha value is -0.920. The Morgan fingerprint density at radius 2 is 2.00 bits per heavy atom. The second kappa shape index (κ2) is 4.88. The summed E-state index contributed by atoms with van der Waals surface area (Å²) in [5.41, 5.74) is 0. The molecule has 2 fully saturated rings. The maximum absolute atomic E-state index is 12.3. The Labute approximate surface area is 112 Å². The summed E-state index contributed by atoms with van der Waals surface area (Å²) in [5, 5.41) is 12.8. The van der Waals surface area contributed by atoms with Crippen LogP contribution < -0.4 is 4.72 Å². The molecule has 106 valence electrons. The fourth-order valence-electron chi connectivity index (χ4n) is 2.44. The van der Waals surface area contributed by atoms with Gasteiger partial charge in [0, 0.05) is 12.2 Å². The van der Waals surface area contributed by atoms with Crippen molar-refractivity contribution in [2.45, 2.75) is 43.2 Å². The molecule has 0 amide bonds. The zero-order valence-electron chi connectivity index (χ0n) is 10.7. The molecular weight excluding hydrogens is 266 g/mol. The van der Waals surface area contributed by atoms with Gasteiger partial charge in [0.05, 0.1) is 19.3 Å². The fraction of sp³-hybridized carbons (Fsp3) is 0.750. The highest BCUT2D eigenvalue weighted by Crippen LogP contribution is 2.45. The standard InChI is InChI=1S/C12H19N3O3S/c16-6-5-15-8-11(7-13-15)19(17,18)14-12(9-1-2-9)10-3-4-10/h7-10,12,14,16H,1-6H2. The van der Waals surface area contributed by atoms with Crippen LogP contribution in [0.3, 0.4) is 0 Å². The van der Waals surface area contributed by atoms with E-state index in [1.807, 2.05) is 0 Å². The highest BCUT2D eigenvalue weighted by molar-refractivity contribution is 7.89. The SMILES string of the molecule is O=S(=O)(NC(C1CC1)C1CC1)c1cnn(CCO)c1. The molecule has 0 spiro atoms. The average Bonchev–Trinajstić information content (AvgIpc) is 3.27. The second-order valence-electron chi connectivity index (χ2n) is 5.48. The van der Waals surface area contributed by atoms with Crippen LogP contribution in [0.5, 0.6) is 0 Å². The van der Waals surface area contributed by atoms with Gasteiger partial charge in [-0.1, -0.05) is 0 Å². The molecule has 2 N–H and O–H groups in total. The van der Waals surface area contributed by atoms with Gasteiger partial charge in [-0.15, -0.1) is 0 Å². The number of sulfonamides is 1. The molecule has 0 radical (unpaired) electrons. The Morgan fingerprint density at radius 1 is 1.37 bits per heavy atom. The third kappa shape index (κ3) is 2.98. The predicted molar refractivity (Wildman–Crippen MR) is 68.9 cm³/mol. The van der Waals surface area contributed by atoms with Gasteiger partial charge in [-0.2, -0.15) is 5.10 Å². The van der Waals surface area contributed by atoms with E-state index in [2.05, 4.69) is 9.82 Å². The zero-order valence-corrected chi connectivity index (χ0v) is 11.5. The van der Waals surface area contributed by atoms with Crippen LogP contribution in [-0.2, 0) is 16.6 Å². The Kier molecular flexibility index (Phi) is 3.36. The lowest BCUT2D eigenvalue weighted by Crippen LogP contribution is -2.37. The number of aliphatic hydroxyl groups excluding tert-OH is 1. The summed E-state index contributed by atoms with van der Waals surface area (Å²) in [6, 6.07) is 0.103. The van der Waals surface area contributed by atoms with Crippen LogP contribution in [0.15, 0.2) is 17.3 Å². The van der Waals surface area contributed by atoms with Crippen molar-refractivity contribution in [3.05, 3.63) is 12.4 Å². The van der Waals surface area contributed by atoms with Crippen molar-refractivity contribution in [3.8, 4) is 0 Å². The molecule has 6 nitrogen and oxygen atoms in total. The minimum absolute atomic E-state index is 0.0542. The molecule has 1 aromatic heterocycles. The summed E-state index contributed by atoms with van der Waals surface area (Å²) in [5.74, 6) is 1.05. The number of aliphatic hydroxyl groups is 1. The first-order chi connectivity index (χ1) is 9.10. The first-order valence-electron chi connectivity index (χ1n) is 6.76. The molecule has 0 atom stereocenters. The van der Waals surface area contributed by atoms with Crippen molar-refractivity contribution in [1.82, 2.24) is 14.5 Å². The zero-order chi connectivity index (χ0) is 13.5. The van der Waals surface area contributed by atoms with Crippen molar-refractivity contribution in [2.24, 2.45) is 11.8 Å². The number of nitrogens with one attached hydrogen (secondary N) is 1. The van der Waals surface area contributed by atoms with Crippen molar-refractivity contribution in [3.63, 3.8) is 0 Å². The molecule has 2 aliphatic carbocycles. The molecule has 19 heavy (non-hydrogen) atoms. The number of hydrogen-bond donors (Lipinski definition) is 2. The summed E-state index contributed by atoms with van der Waals surface area (Å²) < 4.78 is 28.9. The molecule has 0 bridgehead atoms. The van der Waals surface area contributed by atoms with Gasteiger partial charge in [-0.25, -0.2) is 13.1 Å². The number of hydrogen-bond acceptors (Lipinski definition) is 4. The van der Waals surface area contributed by atoms with E-state index < -0.39 is 10.0 Å². The summed E-state index contributed by atoms with van der Waals surface area (Å²) in [6.45, 7) is 0.256. The third-order valence-electron chi connectivity index (χ3n) is 3.80. The quantitative estimate of drug-likeness (QED) is 0.757. The van der Waals surface area contributed by atoms with Crippen LogP contribution >= 0.6 is 0 Å². The first kappa shape index (κ1) is 13.1. The van der Waals surface area contributed by atoms with Gasteiger partial charge in [0.2, 0.25) is 10.0 Å². The van der Waals surface area contributed by atoms with Crippen LogP contribution in [0.4, 0.5) is 0 Å². The van der Waals surface area contributed by atoms with Gasteiger partial charge < -0.3 is 5.11 Å². The molecule has 0 saturated heterocycles. The highest BCUT2D eigenvalue weighted by atomic mass is 32.2. The van der Waals surface area contributed by atoms with Gasteiger partial charge in [0.25, 0.3) is 0 Å². The van der Waals surface area contributed by atoms with E-state index >= 15 is 0 Å². The van der Waals surface area contributed by atoms with Crippen molar-refractivity contribution >= 4 is 10.0 Å². The van der Waals surface area contributed by atoms with Crippen LogP contribution in [0.1, 0.15) is 25.7 Å². The minimum atomic E-state index is -3.48. The molecule has 3 rings (SSSR count). The van der Waals surface area contributed by atoms with Crippen LogP contribution in [-0.4, -0.2) is 36.0 Å². The molecule has 0 aromatic carbocycles. The molecule has 0 unspecified atom stereocenters. The number of rotatable bonds is 7. The maximum Gasteiger partial charge on any atom is 0.243 e. The number of aromatic nitrogens is 2.